The summed E-state index contributed by atoms with van der Waals surface area (Å²) in [6, 6.07) is 20.8. The van der Waals surface area contributed by atoms with Crippen molar-refractivity contribution in [1.82, 2.24) is 15.2 Å². The Morgan fingerprint density at radius 1 is 1.00 bits per heavy atom. The number of amides is 4. The van der Waals surface area contributed by atoms with Crippen molar-refractivity contribution in [2.45, 2.75) is 50.6 Å². The Labute approximate surface area is 250 Å². The molecule has 0 spiro atoms. The molecule has 8 nitrogen and oxygen atoms in total. The van der Waals surface area contributed by atoms with Crippen molar-refractivity contribution < 1.29 is 19.1 Å². The number of para-hydroxylation sites is 2. The zero-order chi connectivity index (χ0) is 29.5. The van der Waals surface area contributed by atoms with E-state index in [9.17, 15) is 14.4 Å². The molecule has 3 aromatic carbocycles. The minimum absolute atomic E-state index is 0.291. The van der Waals surface area contributed by atoms with E-state index in [0.29, 0.717) is 30.0 Å². The summed E-state index contributed by atoms with van der Waals surface area (Å²) in [6.45, 7) is 0.511. The standard InChI is InChI=1S/C35H34N4O4/c1-43-24-17-15-23(16-18-24)32-31-27(25-11-5-7-13-28(25)37-31)21-30-34(41)39(35(42)38(30)32)29-14-8-6-12-26(29)33(40)36-20-19-22-9-3-2-4-10-22/h5-9,11-18,30,32,37H,2-4,10,19-21H2,1H3,(H,36,40). The number of aromatic amines is 1. The molecule has 43 heavy (non-hydrogen) atoms. The number of nitrogens with zero attached hydrogens (tertiary/aromatic N) is 2. The van der Waals surface area contributed by atoms with Gasteiger partial charge in [0, 0.05) is 29.6 Å². The zero-order valence-corrected chi connectivity index (χ0v) is 24.1. The van der Waals surface area contributed by atoms with Crippen LogP contribution in [0.5, 0.6) is 5.75 Å². The summed E-state index contributed by atoms with van der Waals surface area (Å²) in [6.07, 6.45) is 8.05. The maximum Gasteiger partial charge on any atom is 0.332 e. The van der Waals surface area contributed by atoms with Gasteiger partial charge < -0.3 is 15.0 Å². The number of methoxy groups -OCH3 is 1. The third kappa shape index (κ3) is 4.67. The van der Waals surface area contributed by atoms with Crippen molar-refractivity contribution >= 4 is 34.4 Å². The highest BCUT2D eigenvalue weighted by molar-refractivity contribution is 6.24. The maximum absolute atomic E-state index is 14.3. The summed E-state index contributed by atoms with van der Waals surface area (Å²) in [7, 11) is 1.61. The first-order valence-electron chi connectivity index (χ1n) is 15.0. The molecular weight excluding hydrogens is 540 g/mol. The number of carbonyl (C=O) groups excluding carboxylic acids is 3. The Bertz CT molecular complexity index is 1760. The predicted octanol–water partition coefficient (Wildman–Crippen LogP) is 6.28. The molecular formula is C35H34N4O4. The van der Waals surface area contributed by atoms with Crippen LogP contribution in [0.4, 0.5) is 10.5 Å². The molecule has 0 bridgehead atoms. The number of carbonyl (C=O) groups is 3. The van der Waals surface area contributed by atoms with Gasteiger partial charge >= 0.3 is 6.03 Å². The second-order valence-electron chi connectivity index (χ2n) is 11.5. The predicted molar refractivity (Wildman–Crippen MR) is 165 cm³/mol. The van der Waals surface area contributed by atoms with Crippen molar-refractivity contribution in [3.8, 4) is 5.75 Å². The van der Waals surface area contributed by atoms with E-state index in [4.69, 9.17) is 4.74 Å². The monoisotopic (exact) mass is 574 g/mol. The molecule has 218 valence electrons. The lowest BCUT2D eigenvalue weighted by Crippen LogP contribution is -2.44. The molecule has 3 aliphatic rings. The first-order valence-corrected chi connectivity index (χ1v) is 15.0. The van der Waals surface area contributed by atoms with Gasteiger partial charge in [0.15, 0.2) is 0 Å². The Morgan fingerprint density at radius 3 is 2.58 bits per heavy atom. The van der Waals surface area contributed by atoms with Crippen molar-refractivity contribution in [1.29, 1.82) is 0 Å². The van der Waals surface area contributed by atoms with Gasteiger partial charge in [-0.3, -0.25) is 14.5 Å². The summed E-state index contributed by atoms with van der Waals surface area (Å²) < 4.78 is 5.38. The van der Waals surface area contributed by atoms with Crippen LogP contribution in [0, 0.1) is 0 Å². The quantitative estimate of drug-likeness (QED) is 0.201. The maximum atomic E-state index is 14.3. The minimum Gasteiger partial charge on any atom is -0.497 e. The number of allylic oxidation sites excluding steroid dienone is 1. The molecule has 4 amide bonds. The fourth-order valence-corrected chi connectivity index (χ4v) is 6.85. The lowest BCUT2D eigenvalue weighted by molar-refractivity contribution is -0.120. The van der Waals surface area contributed by atoms with E-state index in [1.807, 2.05) is 48.5 Å². The van der Waals surface area contributed by atoms with Crippen molar-refractivity contribution in [2.24, 2.45) is 0 Å². The number of rotatable bonds is 7. The number of anilines is 1. The summed E-state index contributed by atoms with van der Waals surface area (Å²) in [4.78, 5) is 48.4. The van der Waals surface area contributed by atoms with Crippen LogP contribution in [0.1, 0.15) is 65.3 Å². The third-order valence-corrected chi connectivity index (χ3v) is 8.99. The second-order valence-corrected chi connectivity index (χ2v) is 11.5. The van der Waals surface area contributed by atoms with Gasteiger partial charge in [-0.15, -0.1) is 0 Å². The first kappa shape index (κ1) is 27.0. The lowest BCUT2D eigenvalue weighted by Gasteiger charge is -2.36. The highest BCUT2D eigenvalue weighted by atomic mass is 16.5. The van der Waals surface area contributed by atoms with Crippen LogP contribution in [-0.2, 0) is 11.2 Å². The molecule has 2 unspecified atom stereocenters. The van der Waals surface area contributed by atoms with E-state index < -0.39 is 18.1 Å². The summed E-state index contributed by atoms with van der Waals surface area (Å²) in [5.41, 5.74) is 5.76. The Kier molecular flexibility index (Phi) is 6.97. The number of nitrogens with one attached hydrogen (secondary N) is 2. The molecule has 1 saturated heterocycles. The molecule has 7 rings (SSSR count). The van der Waals surface area contributed by atoms with E-state index in [-0.39, 0.29) is 11.8 Å². The SMILES string of the molecule is COc1ccc(C2c3[nH]c4ccccc4c3CC3C(=O)N(c4ccccc4C(=O)NCCC4=CCCCC4)C(=O)N32)cc1. The molecule has 3 heterocycles. The number of imide groups is 1. The molecule has 1 fully saturated rings. The van der Waals surface area contributed by atoms with Crippen molar-refractivity contribution in [3.05, 3.63) is 107 Å². The van der Waals surface area contributed by atoms with Gasteiger partial charge in [0.25, 0.3) is 11.8 Å². The molecule has 0 saturated carbocycles. The zero-order valence-electron chi connectivity index (χ0n) is 24.1. The summed E-state index contributed by atoms with van der Waals surface area (Å²) >= 11 is 0. The number of ether oxygens (including phenoxy) is 1. The van der Waals surface area contributed by atoms with Crippen LogP contribution in [0.25, 0.3) is 10.9 Å². The van der Waals surface area contributed by atoms with E-state index in [2.05, 4.69) is 16.4 Å². The number of hydrogen-bond donors (Lipinski definition) is 2. The number of hydrogen-bond acceptors (Lipinski definition) is 4. The number of urea groups is 1. The molecule has 2 aliphatic heterocycles. The Morgan fingerprint density at radius 2 is 1.79 bits per heavy atom. The van der Waals surface area contributed by atoms with Gasteiger partial charge in [-0.2, -0.15) is 0 Å². The van der Waals surface area contributed by atoms with Crippen LogP contribution < -0.4 is 15.0 Å². The average Bonchev–Trinajstić information content (AvgIpc) is 3.54. The normalized spacial score (nSPS) is 19.7. The van der Waals surface area contributed by atoms with E-state index >= 15 is 0 Å². The van der Waals surface area contributed by atoms with Crippen molar-refractivity contribution in [3.63, 3.8) is 0 Å². The molecule has 4 aromatic rings. The molecule has 0 radical (unpaired) electrons. The number of H-pyrrole nitrogens is 1. The van der Waals surface area contributed by atoms with Crippen LogP contribution in [0.3, 0.4) is 0 Å². The fraction of sp³-hybridized carbons (Fsp3) is 0.286. The van der Waals surface area contributed by atoms with Crippen LogP contribution in [0.2, 0.25) is 0 Å². The number of aromatic nitrogens is 1. The average molecular weight is 575 g/mol. The molecule has 2 N–H and O–H groups in total. The van der Waals surface area contributed by atoms with Gasteiger partial charge in [0.05, 0.1) is 18.4 Å². The second kappa shape index (κ2) is 11.1. The summed E-state index contributed by atoms with van der Waals surface area (Å²) in [5.74, 6) is 0.0885. The van der Waals surface area contributed by atoms with E-state index in [1.54, 1.807) is 36.3 Å². The van der Waals surface area contributed by atoms with Gasteiger partial charge in [0.2, 0.25) is 0 Å². The Balaban J connectivity index is 1.24. The van der Waals surface area contributed by atoms with Crippen LogP contribution >= 0.6 is 0 Å². The molecule has 8 heteroatoms. The highest BCUT2D eigenvalue weighted by Crippen LogP contribution is 2.45. The minimum atomic E-state index is -0.708. The van der Waals surface area contributed by atoms with E-state index in [1.165, 1.54) is 23.3 Å². The lowest BCUT2D eigenvalue weighted by atomic mass is 9.89. The van der Waals surface area contributed by atoms with E-state index in [0.717, 1.165) is 47.0 Å². The number of benzene rings is 3. The number of fused-ring (bicyclic) bond motifs is 4. The Hall–Kier alpha value is -4.85. The van der Waals surface area contributed by atoms with Gasteiger partial charge in [-0.25, -0.2) is 9.69 Å². The molecule has 2 atom stereocenters. The van der Waals surface area contributed by atoms with Crippen LogP contribution in [0.15, 0.2) is 84.4 Å². The summed E-state index contributed by atoms with van der Waals surface area (Å²) in [5, 5.41) is 4.06. The highest BCUT2D eigenvalue weighted by Gasteiger charge is 2.53. The molecule has 1 aromatic heterocycles. The smallest absolute Gasteiger partial charge is 0.332 e. The van der Waals surface area contributed by atoms with Crippen molar-refractivity contribution in [2.75, 3.05) is 18.6 Å². The topological polar surface area (TPSA) is 94.7 Å². The largest absolute Gasteiger partial charge is 0.497 e. The van der Waals surface area contributed by atoms with Gasteiger partial charge in [-0.05, 0) is 73.6 Å². The van der Waals surface area contributed by atoms with Gasteiger partial charge in [0.1, 0.15) is 17.8 Å². The first-order chi connectivity index (χ1) is 21.0. The fourth-order valence-electron chi connectivity index (χ4n) is 6.85. The van der Waals surface area contributed by atoms with Crippen LogP contribution in [-0.4, -0.2) is 47.4 Å². The van der Waals surface area contributed by atoms with Gasteiger partial charge in [-0.1, -0.05) is 54.1 Å². The molecule has 1 aliphatic carbocycles. The third-order valence-electron chi connectivity index (χ3n) is 8.99.